The van der Waals surface area contributed by atoms with Crippen molar-refractivity contribution >= 4 is 17.5 Å². The number of hydrogen-bond acceptors (Lipinski definition) is 3. The van der Waals surface area contributed by atoms with Crippen molar-refractivity contribution in [2.24, 2.45) is 5.92 Å². The van der Waals surface area contributed by atoms with Crippen LogP contribution in [0.2, 0.25) is 0 Å². The Balaban J connectivity index is 1.75. The van der Waals surface area contributed by atoms with Crippen molar-refractivity contribution < 1.29 is 9.59 Å². The predicted octanol–water partition coefficient (Wildman–Crippen LogP) is 3.81. The average Bonchev–Trinajstić information content (AvgIpc) is 2.72. The molecule has 1 aliphatic heterocycles. The third-order valence-corrected chi connectivity index (χ3v) is 6.22. The number of aromatic nitrogens is 1. The van der Waals surface area contributed by atoms with Crippen LogP contribution < -0.4 is 10.2 Å². The van der Waals surface area contributed by atoms with E-state index in [0.717, 1.165) is 41.6 Å². The molecule has 1 aromatic heterocycles. The minimum Gasteiger partial charge on any atom is -0.349 e. The zero-order valence-corrected chi connectivity index (χ0v) is 16.8. The number of nitrogens with zero attached hydrogens (tertiary/aromatic N) is 2. The van der Waals surface area contributed by atoms with Gasteiger partial charge in [0.2, 0.25) is 11.8 Å². The number of benzene rings is 1. The van der Waals surface area contributed by atoms with Gasteiger partial charge in [0.15, 0.2) is 0 Å². The van der Waals surface area contributed by atoms with Gasteiger partial charge in [0, 0.05) is 43.5 Å². The predicted molar refractivity (Wildman–Crippen MR) is 110 cm³/mol. The number of aryl methyl sites for hydroxylation is 1. The Hall–Kier alpha value is -2.69. The number of nitrogens with one attached hydrogen (secondary N) is 1. The number of fused-ring (bicyclic) bond motifs is 2. The molecule has 0 bridgehead atoms. The Kier molecular flexibility index (Phi) is 4.92. The maximum absolute atomic E-state index is 12.0. The molecule has 1 aromatic carbocycles. The van der Waals surface area contributed by atoms with Gasteiger partial charge >= 0.3 is 0 Å². The minimum absolute atomic E-state index is 0.0185. The van der Waals surface area contributed by atoms with E-state index in [1.54, 1.807) is 4.90 Å². The molecule has 2 heterocycles. The normalized spacial score (nSPS) is 21.1. The Morgan fingerprint density at radius 2 is 2.07 bits per heavy atom. The van der Waals surface area contributed by atoms with E-state index in [4.69, 9.17) is 0 Å². The van der Waals surface area contributed by atoms with Crippen LogP contribution in [0.3, 0.4) is 0 Å². The number of rotatable bonds is 3. The van der Waals surface area contributed by atoms with Crippen molar-refractivity contribution in [3.05, 3.63) is 47.3 Å². The van der Waals surface area contributed by atoms with E-state index in [-0.39, 0.29) is 17.9 Å². The van der Waals surface area contributed by atoms with Gasteiger partial charge in [-0.15, -0.1) is 0 Å². The Morgan fingerprint density at radius 1 is 1.25 bits per heavy atom. The smallest absolute Gasteiger partial charge is 0.227 e. The van der Waals surface area contributed by atoms with Gasteiger partial charge in [-0.3, -0.25) is 14.6 Å². The summed E-state index contributed by atoms with van der Waals surface area (Å²) in [6.45, 7) is 4.08. The van der Waals surface area contributed by atoms with Crippen molar-refractivity contribution in [3.63, 3.8) is 0 Å². The average molecular weight is 377 g/mol. The fraction of sp³-hybridized carbons (Fsp3) is 0.435. The van der Waals surface area contributed by atoms with Gasteiger partial charge in [0.1, 0.15) is 0 Å². The van der Waals surface area contributed by atoms with Crippen molar-refractivity contribution in [2.75, 3.05) is 11.9 Å². The molecule has 28 heavy (non-hydrogen) atoms. The zero-order valence-electron chi connectivity index (χ0n) is 16.8. The fourth-order valence-electron chi connectivity index (χ4n) is 4.46. The van der Waals surface area contributed by atoms with E-state index in [9.17, 15) is 9.59 Å². The molecule has 5 nitrogen and oxygen atoms in total. The summed E-state index contributed by atoms with van der Waals surface area (Å²) in [7, 11) is 1.84. The van der Waals surface area contributed by atoms with E-state index in [2.05, 4.69) is 29.4 Å². The first-order chi connectivity index (χ1) is 13.5. The molecule has 0 spiro atoms. The highest BCUT2D eigenvalue weighted by Crippen LogP contribution is 2.40. The first-order valence-electron chi connectivity index (χ1n) is 10.2. The number of carbonyl (C=O) groups excluding carboxylic acids is 2. The van der Waals surface area contributed by atoms with Crippen LogP contribution in [0.15, 0.2) is 30.6 Å². The zero-order chi connectivity index (χ0) is 19.8. The molecule has 1 unspecified atom stereocenters. The van der Waals surface area contributed by atoms with Crippen LogP contribution in [-0.4, -0.2) is 23.8 Å². The number of amides is 2. The molecular formula is C23H27N3O2. The molecule has 5 heteroatoms. The van der Waals surface area contributed by atoms with Crippen LogP contribution in [0.5, 0.6) is 0 Å². The first-order valence-corrected chi connectivity index (χ1v) is 10.2. The van der Waals surface area contributed by atoms with Gasteiger partial charge in [0.25, 0.3) is 0 Å². The number of carbonyl (C=O) groups is 2. The largest absolute Gasteiger partial charge is 0.349 e. The van der Waals surface area contributed by atoms with Crippen LogP contribution in [0.1, 0.15) is 55.8 Å². The highest BCUT2D eigenvalue weighted by molar-refractivity contribution is 5.96. The standard InChI is InChI=1S/C23H27N3O2/c1-4-21(27)25-23-14(2)5-8-17-18(12-24-13-19(17)23)15-6-9-20-16(11-15)7-10-22(28)26(20)3/h6,9,11-14,23H,4-5,7-8,10H2,1-3H3,(H,25,27)/t14-,23?/m0/s1. The number of anilines is 1. The van der Waals surface area contributed by atoms with E-state index in [0.29, 0.717) is 18.8 Å². The molecule has 2 amide bonds. The van der Waals surface area contributed by atoms with Crippen molar-refractivity contribution in [1.29, 1.82) is 0 Å². The Morgan fingerprint density at radius 3 is 2.86 bits per heavy atom. The Bertz CT molecular complexity index is 937. The highest BCUT2D eigenvalue weighted by Gasteiger charge is 2.30. The first kappa shape index (κ1) is 18.7. The second-order valence-electron chi connectivity index (χ2n) is 7.97. The van der Waals surface area contributed by atoms with Gasteiger partial charge in [0.05, 0.1) is 6.04 Å². The molecule has 1 aliphatic carbocycles. The summed E-state index contributed by atoms with van der Waals surface area (Å²) in [5.41, 5.74) is 6.91. The summed E-state index contributed by atoms with van der Waals surface area (Å²) in [4.78, 5) is 30.3. The molecular weight excluding hydrogens is 350 g/mol. The van der Waals surface area contributed by atoms with E-state index < -0.39 is 0 Å². The third-order valence-electron chi connectivity index (χ3n) is 6.22. The van der Waals surface area contributed by atoms with Crippen LogP contribution in [-0.2, 0) is 22.4 Å². The minimum atomic E-state index is 0.0185. The summed E-state index contributed by atoms with van der Waals surface area (Å²) in [6.07, 6.45) is 7.71. The molecule has 2 aromatic rings. The fourth-order valence-corrected chi connectivity index (χ4v) is 4.46. The molecule has 1 N–H and O–H groups in total. The molecule has 2 atom stereocenters. The SMILES string of the molecule is CCC(=O)NC1c2cncc(-c3ccc4c(c3)CCC(=O)N4C)c2CC[C@@H]1C. The van der Waals surface area contributed by atoms with Gasteiger partial charge in [-0.05, 0) is 59.6 Å². The van der Waals surface area contributed by atoms with Gasteiger partial charge in [-0.2, -0.15) is 0 Å². The summed E-state index contributed by atoms with van der Waals surface area (Å²) >= 11 is 0. The maximum atomic E-state index is 12.0. The van der Waals surface area contributed by atoms with Gasteiger partial charge in [-0.1, -0.05) is 19.9 Å². The molecule has 0 radical (unpaired) electrons. The maximum Gasteiger partial charge on any atom is 0.227 e. The molecule has 0 fully saturated rings. The van der Waals surface area contributed by atoms with Crippen LogP contribution in [0.4, 0.5) is 5.69 Å². The van der Waals surface area contributed by atoms with Crippen molar-refractivity contribution in [3.8, 4) is 11.1 Å². The van der Waals surface area contributed by atoms with E-state index in [1.165, 1.54) is 11.1 Å². The topological polar surface area (TPSA) is 62.3 Å². The summed E-state index contributed by atoms with van der Waals surface area (Å²) in [5.74, 6) is 0.641. The number of hydrogen-bond donors (Lipinski definition) is 1. The number of pyridine rings is 1. The third kappa shape index (κ3) is 3.19. The molecule has 2 aliphatic rings. The molecule has 146 valence electrons. The second kappa shape index (κ2) is 7.38. The lowest BCUT2D eigenvalue weighted by molar-refractivity contribution is -0.122. The van der Waals surface area contributed by atoms with Gasteiger partial charge < -0.3 is 10.2 Å². The molecule has 0 saturated carbocycles. The van der Waals surface area contributed by atoms with E-state index in [1.807, 2.05) is 32.4 Å². The Labute approximate surface area is 166 Å². The van der Waals surface area contributed by atoms with Crippen molar-refractivity contribution in [2.45, 2.75) is 52.0 Å². The second-order valence-corrected chi connectivity index (χ2v) is 7.97. The van der Waals surface area contributed by atoms with E-state index >= 15 is 0 Å². The summed E-state index contributed by atoms with van der Waals surface area (Å²) in [5, 5.41) is 3.19. The van der Waals surface area contributed by atoms with Crippen LogP contribution in [0.25, 0.3) is 11.1 Å². The van der Waals surface area contributed by atoms with Crippen LogP contribution in [0, 0.1) is 5.92 Å². The quantitative estimate of drug-likeness (QED) is 0.885. The molecule has 0 saturated heterocycles. The van der Waals surface area contributed by atoms with Gasteiger partial charge in [-0.25, -0.2) is 0 Å². The highest BCUT2D eigenvalue weighted by atomic mass is 16.2. The summed E-state index contributed by atoms with van der Waals surface area (Å²) < 4.78 is 0. The van der Waals surface area contributed by atoms with Crippen LogP contribution >= 0.6 is 0 Å². The van der Waals surface area contributed by atoms with Crippen molar-refractivity contribution in [1.82, 2.24) is 10.3 Å². The summed E-state index contributed by atoms with van der Waals surface area (Å²) in [6, 6.07) is 6.35. The lowest BCUT2D eigenvalue weighted by Crippen LogP contribution is -2.35. The monoisotopic (exact) mass is 377 g/mol. The lowest BCUT2D eigenvalue weighted by Gasteiger charge is -2.33. The lowest BCUT2D eigenvalue weighted by atomic mass is 9.78. The molecule has 4 rings (SSSR count).